The molecular formula is C17H12FNO4. The van der Waals surface area contributed by atoms with Gasteiger partial charge in [0.15, 0.2) is 11.5 Å². The van der Waals surface area contributed by atoms with Crippen LogP contribution in [0.4, 0.5) is 4.39 Å². The first-order chi connectivity index (χ1) is 11.2. The number of aromatic nitrogens is 1. The van der Waals surface area contributed by atoms with Crippen molar-refractivity contribution in [2.24, 2.45) is 0 Å². The highest BCUT2D eigenvalue weighted by molar-refractivity contribution is 5.82. The number of nitrogens with zero attached hydrogens (tertiary/aromatic N) is 1. The van der Waals surface area contributed by atoms with Gasteiger partial charge in [0.1, 0.15) is 5.82 Å². The summed E-state index contributed by atoms with van der Waals surface area (Å²) in [6, 6.07) is 9.18. The summed E-state index contributed by atoms with van der Waals surface area (Å²) in [6.45, 7) is 1.05. The summed E-state index contributed by atoms with van der Waals surface area (Å²) < 4.78 is 30.2. The Morgan fingerprint density at radius 1 is 1.04 bits per heavy atom. The predicted molar refractivity (Wildman–Crippen MR) is 81.3 cm³/mol. The van der Waals surface area contributed by atoms with Gasteiger partial charge in [0.05, 0.1) is 29.7 Å². The Labute approximate surface area is 130 Å². The first kappa shape index (κ1) is 13.8. The maximum Gasteiger partial charge on any atom is 0.347 e. The Hall–Kier alpha value is -2.89. The van der Waals surface area contributed by atoms with Gasteiger partial charge in [-0.1, -0.05) is 12.1 Å². The molecule has 0 amide bonds. The molecule has 2 heterocycles. The van der Waals surface area contributed by atoms with Crippen molar-refractivity contribution in [3.8, 4) is 23.0 Å². The summed E-state index contributed by atoms with van der Waals surface area (Å²) in [5.74, 6) is 0.447. The first-order valence-electron chi connectivity index (χ1n) is 7.22. The van der Waals surface area contributed by atoms with Gasteiger partial charge in [0.25, 0.3) is 0 Å². The summed E-state index contributed by atoms with van der Waals surface area (Å²) in [5.41, 5.74) is -0.0775. The lowest BCUT2D eigenvalue weighted by atomic mass is 10.2. The number of benzene rings is 2. The zero-order valence-electron chi connectivity index (χ0n) is 12.0. The van der Waals surface area contributed by atoms with Gasteiger partial charge in [-0.25, -0.2) is 14.2 Å². The fraction of sp³-hybridized carbons (Fsp3) is 0.176. The van der Waals surface area contributed by atoms with Crippen LogP contribution in [0.25, 0.3) is 22.4 Å². The molecule has 1 aromatic heterocycles. The van der Waals surface area contributed by atoms with Crippen molar-refractivity contribution in [1.29, 1.82) is 0 Å². The van der Waals surface area contributed by atoms with Gasteiger partial charge in [0, 0.05) is 18.6 Å². The maximum atomic E-state index is 13.9. The Kier molecular flexibility index (Phi) is 3.22. The van der Waals surface area contributed by atoms with E-state index in [2.05, 4.69) is 4.98 Å². The number of halogens is 1. The van der Waals surface area contributed by atoms with Crippen LogP contribution in [0.2, 0.25) is 0 Å². The molecule has 0 aliphatic carbocycles. The molecule has 5 nitrogen and oxygen atoms in total. The predicted octanol–water partition coefficient (Wildman–Crippen LogP) is 3.16. The Morgan fingerprint density at radius 2 is 1.78 bits per heavy atom. The molecule has 1 aliphatic heterocycles. The summed E-state index contributed by atoms with van der Waals surface area (Å²) in [6.07, 6.45) is 0.757. The average molecular weight is 313 g/mol. The highest BCUT2D eigenvalue weighted by Crippen LogP contribution is 2.33. The molecule has 3 aromatic rings. The minimum atomic E-state index is -0.594. The average Bonchev–Trinajstić information content (AvgIpc) is 2.78. The molecule has 0 saturated heterocycles. The van der Waals surface area contributed by atoms with Gasteiger partial charge in [0.2, 0.25) is 5.89 Å². The third-order valence-corrected chi connectivity index (χ3v) is 3.60. The molecule has 116 valence electrons. The van der Waals surface area contributed by atoms with Crippen molar-refractivity contribution in [3.63, 3.8) is 0 Å². The minimum absolute atomic E-state index is 0.0601. The SMILES string of the molecule is O=c1oc(-c2ccccc2F)nc2cc3c(cc12)OCCCO3. The van der Waals surface area contributed by atoms with Gasteiger partial charge >= 0.3 is 5.63 Å². The van der Waals surface area contributed by atoms with Crippen molar-refractivity contribution < 1.29 is 18.3 Å². The summed E-state index contributed by atoms with van der Waals surface area (Å²) in [7, 11) is 0. The van der Waals surface area contributed by atoms with Crippen molar-refractivity contribution in [2.45, 2.75) is 6.42 Å². The summed E-state index contributed by atoms with van der Waals surface area (Å²) in [5, 5.41) is 0.273. The number of hydrogen-bond donors (Lipinski definition) is 0. The lowest BCUT2D eigenvalue weighted by molar-refractivity contribution is 0.297. The van der Waals surface area contributed by atoms with Crippen LogP contribution < -0.4 is 15.1 Å². The van der Waals surface area contributed by atoms with Crippen LogP contribution in [0.3, 0.4) is 0 Å². The fourth-order valence-corrected chi connectivity index (χ4v) is 2.48. The third kappa shape index (κ3) is 2.42. The van der Waals surface area contributed by atoms with Crippen LogP contribution in [0, 0.1) is 5.82 Å². The Bertz CT molecular complexity index is 951. The zero-order chi connectivity index (χ0) is 15.8. The summed E-state index contributed by atoms with van der Waals surface area (Å²) in [4.78, 5) is 16.5. The van der Waals surface area contributed by atoms with Gasteiger partial charge < -0.3 is 13.9 Å². The lowest BCUT2D eigenvalue weighted by Gasteiger charge is -2.08. The van der Waals surface area contributed by atoms with E-state index in [9.17, 15) is 9.18 Å². The number of ether oxygens (including phenoxy) is 2. The number of rotatable bonds is 1. The monoisotopic (exact) mass is 313 g/mol. The quantitative estimate of drug-likeness (QED) is 0.690. The summed E-state index contributed by atoms with van der Waals surface area (Å²) >= 11 is 0. The zero-order valence-corrected chi connectivity index (χ0v) is 12.0. The highest BCUT2D eigenvalue weighted by atomic mass is 19.1. The molecule has 6 heteroatoms. The molecule has 0 spiro atoms. The number of hydrogen-bond acceptors (Lipinski definition) is 5. The van der Waals surface area contributed by atoms with E-state index in [0.29, 0.717) is 30.2 Å². The standard InChI is InChI=1S/C17H12FNO4/c18-12-5-2-1-4-10(12)16-19-13-9-15-14(21-6-3-7-22-15)8-11(13)17(20)23-16/h1-2,4-5,8-9H,3,6-7H2. The number of fused-ring (bicyclic) bond motifs is 2. The van der Waals surface area contributed by atoms with Crippen molar-refractivity contribution in [1.82, 2.24) is 4.98 Å². The molecular weight excluding hydrogens is 301 g/mol. The highest BCUT2D eigenvalue weighted by Gasteiger charge is 2.17. The molecule has 23 heavy (non-hydrogen) atoms. The van der Waals surface area contributed by atoms with Gasteiger partial charge in [-0.15, -0.1) is 0 Å². The van der Waals surface area contributed by atoms with E-state index in [4.69, 9.17) is 13.9 Å². The first-order valence-corrected chi connectivity index (χ1v) is 7.22. The van der Waals surface area contributed by atoms with E-state index in [1.807, 2.05) is 0 Å². The van der Waals surface area contributed by atoms with Crippen LogP contribution in [0.1, 0.15) is 6.42 Å². The van der Waals surface area contributed by atoms with Gasteiger partial charge in [-0.2, -0.15) is 0 Å². The smallest absolute Gasteiger partial charge is 0.347 e. The van der Waals surface area contributed by atoms with Crippen LogP contribution in [-0.4, -0.2) is 18.2 Å². The van der Waals surface area contributed by atoms with Gasteiger partial charge in [-0.05, 0) is 12.1 Å². The lowest BCUT2D eigenvalue weighted by Crippen LogP contribution is -2.04. The molecule has 4 rings (SSSR count). The maximum absolute atomic E-state index is 13.9. The molecule has 1 aliphatic rings. The molecule has 0 bridgehead atoms. The Balaban J connectivity index is 1.94. The van der Waals surface area contributed by atoms with Crippen LogP contribution in [0.5, 0.6) is 11.5 Å². The van der Waals surface area contributed by atoms with E-state index in [-0.39, 0.29) is 16.8 Å². The van der Waals surface area contributed by atoms with Crippen LogP contribution in [-0.2, 0) is 0 Å². The Morgan fingerprint density at radius 3 is 2.57 bits per heavy atom. The van der Waals surface area contributed by atoms with E-state index in [0.717, 1.165) is 6.42 Å². The van der Waals surface area contributed by atoms with Gasteiger partial charge in [-0.3, -0.25) is 0 Å². The molecule has 0 fully saturated rings. The molecule has 2 aromatic carbocycles. The van der Waals surface area contributed by atoms with E-state index in [1.54, 1.807) is 24.3 Å². The second kappa shape index (κ2) is 5.39. The molecule has 0 radical (unpaired) electrons. The third-order valence-electron chi connectivity index (χ3n) is 3.60. The second-order valence-corrected chi connectivity index (χ2v) is 5.15. The van der Waals surface area contributed by atoms with Crippen molar-refractivity contribution in [3.05, 3.63) is 52.6 Å². The van der Waals surface area contributed by atoms with Crippen LogP contribution in [0.15, 0.2) is 45.6 Å². The largest absolute Gasteiger partial charge is 0.490 e. The van der Waals surface area contributed by atoms with E-state index in [1.165, 1.54) is 12.1 Å². The molecule has 0 atom stereocenters. The fourth-order valence-electron chi connectivity index (χ4n) is 2.48. The topological polar surface area (TPSA) is 61.6 Å². The van der Waals surface area contributed by atoms with Crippen molar-refractivity contribution in [2.75, 3.05) is 13.2 Å². The molecule has 0 saturated carbocycles. The molecule has 0 N–H and O–H groups in total. The van der Waals surface area contributed by atoms with E-state index >= 15 is 0 Å². The second-order valence-electron chi connectivity index (χ2n) is 5.15. The normalized spacial score (nSPS) is 13.8. The van der Waals surface area contributed by atoms with Crippen LogP contribution >= 0.6 is 0 Å². The minimum Gasteiger partial charge on any atom is -0.490 e. The van der Waals surface area contributed by atoms with E-state index < -0.39 is 11.4 Å². The van der Waals surface area contributed by atoms with Crippen molar-refractivity contribution >= 4 is 10.9 Å². The molecule has 0 unspecified atom stereocenters.